The average molecular weight is 260 g/mol. The predicted molar refractivity (Wildman–Crippen MR) is 55.8 cm³/mol. The minimum Gasteiger partial charge on any atom is -0.355 e. The van der Waals surface area contributed by atoms with E-state index in [0.29, 0.717) is 5.56 Å². The molecular formula is C7H6BrN3OS. The molecular weight excluding hydrogens is 254 g/mol. The number of anilines is 1. The Balaban J connectivity index is 2.55. The maximum absolute atomic E-state index is 11.4. The van der Waals surface area contributed by atoms with Crippen LogP contribution in [0.25, 0.3) is 0 Å². The molecule has 1 aromatic rings. The number of hydrogen-bond donors (Lipinski definition) is 3. The molecule has 6 heteroatoms. The van der Waals surface area contributed by atoms with Crippen molar-refractivity contribution in [1.82, 2.24) is 10.3 Å². The molecule has 0 saturated heterocycles. The van der Waals surface area contributed by atoms with Crippen LogP contribution in [0, 0.1) is 0 Å². The Bertz CT molecular complexity index is 371. The van der Waals surface area contributed by atoms with Crippen LogP contribution in [0.4, 0.5) is 5.69 Å². The molecule has 1 atom stereocenters. The maximum Gasteiger partial charge on any atom is 0.257 e. The Morgan fingerprint density at radius 2 is 2.23 bits per heavy atom. The van der Waals surface area contributed by atoms with Crippen LogP contribution in [0.1, 0.15) is 10.4 Å². The summed E-state index contributed by atoms with van der Waals surface area (Å²) in [5.74, 6) is -0.164. The summed E-state index contributed by atoms with van der Waals surface area (Å²) in [6.45, 7) is 0. The molecule has 1 aromatic heterocycles. The molecule has 0 spiro atoms. The lowest BCUT2D eigenvalue weighted by Gasteiger charge is -2.24. The van der Waals surface area contributed by atoms with E-state index >= 15 is 0 Å². The van der Waals surface area contributed by atoms with Gasteiger partial charge in [0.15, 0.2) is 0 Å². The van der Waals surface area contributed by atoms with Crippen molar-refractivity contribution in [2.45, 2.75) is 5.50 Å². The molecule has 0 radical (unpaired) electrons. The van der Waals surface area contributed by atoms with Gasteiger partial charge in [0.05, 0.1) is 15.7 Å². The number of nitrogens with one attached hydrogen (secondary N) is 2. The van der Waals surface area contributed by atoms with Crippen molar-refractivity contribution >= 4 is 40.2 Å². The first-order chi connectivity index (χ1) is 6.18. The first-order valence-electron chi connectivity index (χ1n) is 3.57. The predicted octanol–water partition coefficient (Wildman–Crippen LogP) is 1.21. The van der Waals surface area contributed by atoms with Crippen molar-refractivity contribution in [2.75, 3.05) is 5.32 Å². The summed E-state index contributed by atoms with van der Waals surface area (Å²) in [5, 5.41) is 5.62. The van der Waals surface area contributed by atoms with E-state index in [1.807, 2.05) is 0 Å². The van der Waals surface area contributed by atoms with Crippen molar-refractivity contribution in [3.8, 4) is 0 Å². The van der Waals surface area contributed by atoms with Crippen LogP contribution in [0.2, 0.25) is 0 Å². The van der Waals surface area contributed by atoms with Crippen LogP contribution in [0.3, 0.4) is 0 Å². The van der Waals surface area contributed by atoms with Crippen LogP contribution in [0.5, 0.6) is 0 Å². The minimum atomic E-state index is -0.348. The van der Waals surface area contributed by atoms with E-state index in [4.69, 9.17) is 0 Å². The Morgan fingerprint density at radius 1 is 1.46 bits per heavy atom. The molecule has 1 amide bonds. The zero-order chi connectivity index (χ0) is 9.42. The number of fused-ring (bicyclic) bond motifs is 1. The van der Waals surface area contributed by atoms with E-state index < -0.39 is 0 Å². The van der Waals surface area contributed by atoms with Gasteiger partial charge in [-0.2, -0.15) is 0 Å². The molecule has 0 saturated carbocycles. The second kappa shape index (κ2) is 3.19. The number of carbonyl (C=O) groups excluding carboxylic acids is 1. The summed E-state index contributed by atoms with van der Waals surface area (Å²) < 4.78 is 0.763. The highest BCUT2D eigenvalue weighted by Crippen LogP contribution is 2.28. The Kier molecular flexibility index (Phi) is 2.17. The molecule has 13 heavy (non-hydrogen) atoms. The summed E-state index contributed by atoms with van der Waals surface area (Å²) in [6.07, 6.45) is 3.15. The number of amides is 1. The zero-order valence-corrected chi connectivity index (χ0v) is 8.89. The van der Waals surface area contributed by atoms with Gasteiger partial charge in [0.25, 0.3) is 5.91 Å². The van der Waals surface area contributed by atoms with Gasteiger partial charge < -0.3 is 10.6 Å². The van der Waals surface area contributed by atoms with Crippen molar-refractivity contribution in [3.05, 3.63) is 22.4 Å². The Hall–Kier alpha value is -0.750. The van der Waals surface area contributed by atoms with Gasteiger partial charge in [-0.15, -0.1) is 12.6 Å². The normalized spacial score (nSPS) is 20.2. The lowest BCUT2D eigenvalue weighted by molar-refractivity contribution is 0.0948. The number of rotatable bonds is 0. The molecule has 2 rings (SSSR count). The number of halogens is 1. The molecule has 0 bridgehead atoms. The largest absolute Gasteiger partial charge is 0.355 e. The third-order valence-corrected chi connectivity index (χ3v) is 2.55. The zero-order valence-electron chi connectivity index (χ0n) is 6.41. The van der Waals surface area contributed by atoms with E-state index in [9.17, 15) is 4.79 Å². The van der Waals surface area contributed by atoms with Crippen LogP contribution in [-0.2, 0) is 0 Å². The van der Waals surface area contributed by atoms with Crippen LogP contribution in [-0.4, -0.2) is 16.4 Å². The van der Waals surface area contributed by atoms with E-state index in [0.717, 1.165) is 10.2 Å². The first kappa shape index (κ1) is 8.83. The number of aromatic nitrogens is 1. The second-order valence-corrected chi connectivity index (χ2v) is 3.93. The molecule has 0 aliphatic carbocycles. The van der Waals surface area contributed by atoms with E-state index in [-0.39, 0.29) is 11.4 Å². The van der Waals surface area contributed by atoms with E-state index in [1.54, 1.807) is 6.20 Å². The highest BCUT2D eigenvalue weighted by atomic mass is 79.9. The van der Waals surface area contributed by atoms with E-state index in [2.05, 4.69) is 44.2 Å². The minimum absolute atomic E-state index is 0.164. The summed E-state index contributed by atoms with van der Waals surface area (Å²) in [4.78, 5) is 15.3. The molecule has 1 aliphatic rings. The van der Waals surface area contributed by atoms with Crippen molar-refractivity contribution in [2.24, 2.45) is 0 Å². The molecule has 1 unspecified atom stereocenters. The summed E-state index contributed by atoms with van der Waals surface area (Å²) in [5.41, 5.74) is 0.914. The SMILES string of the molecule is O=C1NC(S)Nc2c(Br)cncc21. The number of pyridine rings is 1. The fraction of sp³-hybridized carbons (Fsp3) is 0.143. The number of hydrogen-bond acceptors (Lipinski definition) is 4. The quantitative estimate of drug-likeness (QED) is 0.615. The molecule has 0 aromatic carbocycles. The van der Waals surface area contributed by atoms with E-state index in [1.165, 1.54) is 6.20 Å². The first-order valence-corrected chi connectivity index (χ1v) is 4.88. The fourth-order valence-electron chi connectivity index (χ4n) is 1.13. The highest BCUT2D eigenvalue weighted by Gasteiger charge is 2.22. The van der Waals surface area contributed by atoms with Crippen LogP contribution in [0.15, 0.2) is 16.9 Å². The van der Waals surface area contributed by atoms with Gasteiger partial charge in [-0.05, 0) is 15.9 Å². The van der Waals surface area contributed by atoms with Gasteiger partial charge >= 0.3 is 0 Å². The molecule has 1 aliphatic heterocycles. The Labute approximate surface area is 88.7 Å². The number of thiol groups is 1. The van der Waals surface area contributed by atoms with Crippen molar-refractivity contribution < 1.29 is 4.79 Å². The molecule has 2 heterocycles. The summed E-state index contributed by atoms with van der Waals surface area (Å²) in [7, 11) is 0. The molecule has 0 fully saturated rings. The summed E-state index contributed by atoms with van der Waals surface area (Å²) in [6, 6.07) is 0. The van der Waals surface area contributed by atoms with Crippen LogP contribution >= 0.6 is 28.6 Å². The monoisotopic (exact) mass is 259 g/mol. The summed E-state index contributed by atoms with van der Waals surface area (Å²) >= 11 is 7.41. The van der Waals surface area contributed by atoms with Crippen LogP contribution < -0.4 is 10.6 Å². The average Bonchev–Trinajstić information content (AvgIpc) is 2.07. The molecule has 4 nitrogen and oxygen atoms in total. The standard InChI is InChI=1S/C7H6BrN3OS/c8-4-2-9-1-3-5(4)10-7(13)11-6(3)12/h1-2,7,10,13H,(H,11,12). The Morgan fingerprint density at radius 3 is 3.00 bits per heavy atom. The fourth-order valence-corrected chi connectivity index (χ4v) is 1.82. The van der Waals surface area contributed by atoms with Crippen molar-refractivity contribution in [1.29, 1.82) is 0 Å². The van der Waals surface area contributed by atoms with Gasteiger partial charge in [0.2, 0.25) is 0 Å². The lowest BCUT2D eigenvalue weighted by atomic mass is 10.2. The number of nitrogens with zero attached hydrogens (tertiary/aromatic N) is 1. The van der Waals surface area contributed by atoms with Gasteiger partial charge in [-0.3, -0.25) is 9.78 Å². The van der Waals surface area contributed by atoms with Gasteiger partial charge in [0.1, 0.15) is 5.50 Å². The number of carbonyl (C=O) groups is 1. The third kappa shape index (κ3) is 1.51. The van der Waals surface area contributed by atoms with Gasteiger partial charge in [-0.1, -0.05) is 0 Å². The molecule has 68 valence electrons. The topological polar surface area (TPSA) is 54.0 Å². The molecule has 2 N–H and O–H groups in total. The smallest absolute Gasteiger partial charge is 0.257 e. The van der Waals surface area contributed by atoms with Crippen molar-refractivity contribution in [3.63, 3.8) is 0 Å². The third-order valence-electron chi connectivity index (χ3n) is 1.69. The highest BCUT2D eigenvalue weighted by molar-refractivity contribution is 9.10. The second-order valence-electron chi connectivity index (χ2n) is 2.56. The van der Waals surface area contributed by atoms with Gasteiger partial charge in [0, 0.05) is 12.4 Å². The van der Waals surface area contributed by atoms with Gasteiger partial charge in [-0.25, -0.2) is 0 Å². The lowest BCUT2D eigenvalue weighted by Crippen LogP contribution is -2.41. The maximum atomic E-state index is 11.4.